The monoisotopic (exact) mass is 352 g/mol. The van der Waals surface area contributed by atoms with Gasteiger partial charge < -0.3 is 10.6 Å². The van der Waals surface area contributed by atoms with Gasteiger partial charge in [-0.1, -0.05) is 41.9 Å². The fourth-order valence-electron chi connectivity index (χ4n) is 2.28. The van der Waals surface area contributed by atoms with Crippen molar-refractivity contribution in [3.8, 4) is 0 Å². The van der Waals surface area contributed by atoms with E-state index in [1.165, 1.54) is 11.9 Å². The normalized spacial score (nSPS) is 10.3. The molecule has 0 spiro atoms. The maximum atomic E-state index is 12.3. The molecule has 25 heavy (non-hydrogen) atoms. The molecule has 6 heteroatoms. The Kier molecular flexibility index (Phi) is 5.59. The van der Waals surface area contributed by atoms with Gasteiger partial charge in [0.25, 0.3) is 5.91 Å². The van der Waals surface area contributed by atoms with Crippen molar-refractivity contribution in [3.05, 3.63) is 83.3 Å². The predicted molar refractivity (Wildman–Crippen MR) is 100 cm³/mol. The molecule has 1 heterocycles. The Balaban J connectivity index is 1.57. The van der Waals surface area contributed by atoms with E-state index in [-0.39, 0.29) is 5.91 Å². The second kappa shape index (κ2) is 8.26. The number of aromatic nitrogens is 2. The lowest BCUT2D eigenvalue weighted by molar-refractivity contribution is 0.102. The Morgan fingerprint density at radius 1 is 1.00 bits per heavy atom. The minimum atomic E-state index is -0.269. The van der Waals surface area contributed by atoms with E-state index in [1.807, 2.05) is 54.6 Å². The van der Waals surface area contributed by atoms with Crippen LogP contribution in [0.1, 0.15) is 16.1 Å². The molecule has 126 valence electrons. The quantitative estimate of drug-likeness (QED) is 0.702. The zero-order valence-electron chi connectivity index (χ0n) is 13.4. The van der Waals surface area contributed by atoms with Gasteiger partial charge in [0.1, 0.15) is 17.8 Å². The number of carbonyl (C=O) groups excluding carboxylic acids is 1. The average molecular weight is 353 g/mol. The number of benzene rings is 2. The van der Waals surface area contributed by atoms with Crippen molar-refractivity contribution in [1.29, 1.82) is 0 Å². The van der Waals surface area contributed by atoms with Gasteiger partial charge >= 0.3 is 0 Å². The Morgan fingerprint density at radius 3 is 2.52 bits per heavy atom. The lowest BCUT2D eigenvalue weighted by Gasteiger charge is -2.08. The summed E-state index contributed by atoms with van der Waals surface area (Å²) in [5.41, 5.74) is 2.21. The van der Waals surface area contributed by atoms with E-state index >= 15 is 0 Å². The number of rotatable bonds is 6. The molecule has 3 aromatic rings. The number of nitrogens with zero attached hydrogens (tertiary/aromatic N) is 2. The van der Waals surface area contributed by atoms with E-state index < -0.39 is 0 Å². The van der Waals surface area contributed by atoms with Crippen LogP contribution in [0.3, 0.4) is 0 Å². The smallest absolute Gasteiger partial charge is 0.274 e. The van der Waals surface area contributed by atoms with Crippen LogP contribution < -0.4 is 10.6 Å². The minimum absolute atomic E-state index is 0.269. The zero-order valence-corrected chi connectivity index (χ0v) is 14.2. The Morgan fingerprint density at radius 2 is 1.76 bits per heavy atom. The topological polar surface area (TPSA) is 66.9 Å². The number of para-hydroxylation sites is 1. The molecular formula is C19H17ClN4O. The summed E-state index contributed by atoms with van der Waals surface area (Å²) in [5.74, 6) is 0.344. The van der Waals surface area contributed by atoms with Crippen molar-refractivity contribution >= 4 is 29.0 Å². The van der Waals surface area contributed by atoms with Crippen LogP contribution in [-0.4, -0.2) is 22.4 Å². The lowest BCUT2D eigenvalue weighted by atomic mass is 10.1. The van der Waals surface area contributed by atoms with Crippen molar-refractivity contribution in [2.75, 3.05) is 17.2 Å². The molecule has 5 nitrogen and oxygen atoms in total. The summed E-state index contributed by atoms with van der Waals surface area (Å²) in [6, 6.07) is 18.6. The predicted octanol–water partition coefficient (Wildman–Crippen LogP) is 4.04. The number of amides is 1. The van der Waals surface area contributed by atoms with Gasteiger partial charge in [-0.3, -0.25) is 4.79 Å². The first-order valence-corrected chi connectivity index (χ1v) is 8.25. The largest absolute Gasteiger partial charge is 0.370 e. The summed E-state index contributed by atoms with van der Waals surface area (Å²) in [4.78, 5) is 20.4. The van der Waals surface area contributed by atoms with E-state index in [4.69, 9.17) is 11.6 Å². The first-order valence-electron chi connectivity index (χ1n) is 7.87. The lowest BCUT2D eigenvalue weighted by Crippen LogP contribution is -2.15. The highest BCUT2D eigenvalue weighted by molar-refractivity contribution is 6.30. The first-order chi connectivity index (χ1) is 12.2. The van der Waals surface area contributed by atoms with Crippen LogP contribution in [0.4, 0.5) is 11.5 Å². The standard InChI is InChI=1S/C19H17ClN4O/c20-15-8-6-14(7-9-15)10-11-21-18-12-17(22-13-23-18)19(25)24-16-4-2-1-3-5-16/h1-9,12-13H,10-11H2,(H,24,25)(H,21,22,23). The van der Waals surface area contributed by atoms with Crippen LogP contribution in [0.25, 0.3) is 0 Å². The molecular weight excluding hydrogens is 336 g/mol. The molecule has 0 saturated carbocycles. The maximum absolute atomic E-state index is 12.3. The van der Waals surface area contributed by atoms with E-state index in [0.717, 1.165) is 17.1 Å². The second-order valence-corrected chi connectivity index (χ2v) is 5.85. The highest BCUT2D eigenvalue weighted by Gasteiger charge is 2.09. The molecule has 0 atom stereocenters. The van der Waals surface area contributed by atoms with Crippen LogP contribution in [0, 0.1) is 0 Å². The number of anilines is 2. The summed E-state index contributed by atoms with van der Waals surface area (Å²) in [7, 11) is 0. The van der Waals surface area contributed by atoms with Crippen molar-refractivity contribution in [1.82, 2.24) is 9.97 Å². The van der Waals surface area contributed by atoms with Gasteiger partial charge in [-0.25, -0.2) is 9.97 Å². The molecule has 0 unspecified atom stereocenters. The first kappa shape index (κ1) is 16.9. The highest BCUT2D eigenvalue weighted by atomic mass is 35.5. The maximum Gasteiger partial charge on any atom is 0.274 e. The van der Waals surface area contributed by atoms with E-state index in [9.17, 15) is 4.79 Å². The third-order valence-electron chi connectivity index (χ3n) is 3.56. The van der Waals surface area contributed by atoms with Gasteiger partial charge in [-0.05, 0) is 36.2 Å². The van der Waals surface area contributed by atoms with Gasteiger partial charge in [0.2, 0.25) is 0 Å². The second-order valence-electron chi connectivity index (χ2n) is 5.41. The third-order valence-corrected chi connectivity index (χ3v) is 3.82. The van der Waals surface area contributed by atoms with Crippen LogP contribution in [0.2, 0.25) is 5.02 Å². The third kappa shape index (κ3) is 5.02. The highest BCUT2D eigenvalue weighted by Crippen LogP contribution is 2.11. The van der Waals surface area contributed by atoms with Crippen LogP contribution >= 0.6 is 11.6 Å². The van der Waals surface area contributed by atoms with E-state index in [0.29, 0.717) is 18.1 Å². The number of hydrogen-bond donors (Lipinski definition) is 2. The van der Waals surface area contributed by atoms with E-state index in [2.05, 4.69) is 20.6 Å². The van der Waals surface area contributed by atoms with Gasteiger partial charge in [0.05, 0.1) is 0 Å². The molecule has 0 aliphatic carbocycles. The summed E-state index contributed by atoms with van der Waals surface area (Å²) < 4.78 is 0. The van der Waals surface area contributed by atoms with Crippen LogP contribution in [0.15, 0.2) is 67.0 Å². The molecule has 1 amide bonds. The zero-order chi connectivity index (χ0) is 17.5. The molecule has 2 N–H and O–H groups in total. The number of nitrogens with one attached hydrogen (secondary N) is 2. The Labute approximate surface area is 151 Å². The SMILES string of the molecule is O=C(Nc1ccccc1)c1cc(NCCc2ccc(Cl)cc2)ncn1. The van der Waals surface area contributed by atoms with Crippen molar-refractivity contribution in [3.63, 3.8) is 0 Å². The van der Waals surface area contributed by atoms with Crippen molar-refractivity contribution < 1.29 is 4.79 Å². The summed E-state index contributed by atoms with van der Waals surface area (Å²) >= 11 is 5.88. The van der Waals surface area contributed by atoms with Gasteiger partial charge in [0, 0.05) is 23.3 Å². The van der Waals surface area contributed by atoms with Gasteiger partial charge in [-0.15, -0.1) is 0 Å². The molecule has 0 radical (unpaired) electrons. The molecule has 0 aliphatic rings. The Bertz CT molecular complexity index is 838. The minimum Gasteiger partial charge on any atom is -0.370 e. The molecule has 0 fully saturated rings. The van der Waals surface area contributed by atoms with Crippen LogP contribution in [-0.2, 0) is 6.42 Å². The summed E-state index contributed by atoms with van der Waals surface area (Å²) in [6.07, 6.45) is 2.21. The fraction of sp³-hybridized carbons (Fsp3) is 0.105. The number of carbonyl (C=O) groups is 1. The van der Waals surface area contributed by atoms with Gasteiger partial charge in [0.15, 0.2) is 0 Å². The van der Waals surface area contributed by atoms with E-state index in [1.54, 1.807) is 6.07 Å². The molecule has 2 aromatic carbocycles. The molecule has 3 rings (SSSR count). The molecule has 1 aromatic heterocycles. The van der Waals surface area contributed by atoms with Crippen molar-refractivity contribution in [2.24, 2.45) is 0 Å². The van der Waals surface area contributed by atoms with Crippen LogP contribution in [0.5, 0.6) is 0 Å². The Hall–Kier alpha value is -2.92. The van der Waals surface area contributed by atoms with Gasteiger partial charge in [-0.2, -0.15) is 0 Å². The van der Waals surface area contributed by atoms with Crippen molar-refractivity contribution in [2.45, 2.75) is 6.42 Å². The molecule has 0 aliphatic heterocycles. The summed E-state index contributed by atoms with van der Waals surface area (Å²) in [5, 5.41) is 6.73. The summed E-state index contributed by atoms with van der Waals surface area (Å²) in [6.45, 7) is 0.693. The molecule has 0 bridgehead atoms. The number of hydrogen-bond acceptors (Lipinski definition) is 4. The fourth-order valence-corrected chi connectivity index (χ4v) is 2.41. The molecule has 0 saturated heterocycles. The number of halogens is 1. The average Bonchev–Trinajstić information content (AvgIpc) is 2.64.